The Hall–Kier alpha value is -5.88. The van der Waals surface area contributed by atoms with Crippen LogP contribution in [0, 0.1) is 11.7 Å². The molecule has 3 aromatic rings. The number of thioether (sulfide) groups is 1. The van der Waals surface area contributed by atoms with Gasteiger partial charge in [-0.25, -0.2) is 23.5 Å². The molecule has 1 unspecified atom stereocenters. The molecule has 72 heavy (non-hydrogen) atoms. The number of halogens is 2. The number of urea groups is 1. The molecule has 1 aromatic carbocycles. The predicted molar refractivity (Wildman–Crippen MR) is 265 cm³/mol. The maximum atomic E-state index is 14.0. The van der Waals surface area contributed by atoms with Crippen molar-refractivity contribution in [2.45, 2.75) is 101 Å². The first-order valence-corrected chi connectivity index (χ1v) is 25.6. The highest BCUT2D eigenvalue weighted by Gasteiger charge is 2.42. The number of rotatable bonds is 30. The number of pyridine rings is 1. The van der Waals surface area contributed by atoms with Gasteiger partial charge in [0, 0.05) is 59.1 Å². The average molecular weight is 1040 g/mol. The van der Waals surface area contributed by atoms with E-state index in [1.54, 1.807) is 35.4 Å². The van der Waals surface area contributed by atoms with Gasteiger partial charge in [-0.05, 0) is 62.3 Å². The van der Waals surface area contributed by atoms with Crippen molar-refractivity contribution in [3.63, 3.8) is 0 Å². The standard InChI is InChI=1S/C48H65ClFN11O10S/c1-30(2)26-71-48(66)56-36(8-6-7-15-52-40(62)10-5-4-9-39-43-38(29-72-39)55-47(65)58-43)45(63)53-18-20-68-22-23-69-21-19-61-25-33(59-60-61)27-70-28-37-41(46(64)67-3)42(34-12-11-32(50)24-35(34)49)57-44(54-37)31-13-16-51-17-14-31/h11-14,16-17,24-25,30,36,38-39,42-43H,4-10,15,18-23,26-29H2,1-3H3,(H,52,62)(H,53,63)(H,54,57)(H,56,66)(H2,55,58,65)/t36-,38-,39-,42?,43-/m0/s1. The van der Waals surface area contributed by atoms with Crippen LogP contribution in [0.5, 0.6) is 0 Å². The number of aliphatic imine (C=N–C) groups is 1. The van der Waals surface area contributed by atoms with Crippen molar-refractivity contribution in [3.05, 3.63) is 87.9 Å². The van der Waals surface area contributed by atoms with Gasteiger partial charge >= 0.3 is 18.1 Å². The summed E-state index contributed by atoms with van der Waals surface area (Å²) in [6.45, 7) is 6.22. The van der Waals surface area contributed by atoms with E-state index in [4.69, 9.17) is 40.3 Å². The van der Waals surface area contributed by atoms with E-state index in [1.165, 1.54) is 19.2 Å². The van der Waals surface area contributed by atoms with E-state index in [2.05, 4.69) is 47.2 Å². The smallest absolute Gasteiger partial charge is 0.407 e. The highest BCUT2D eigenvalue weighted by atomic mass is 35.5. The van der Waals surface area contributed by atoms with Crippen LogP contribution in [0.25, 0.3) is 0 Å². The lowest BCUT2D eigenvalue weighted by atomic mass is 9.95. The Morgan fingerprint density at radius 1 is 0.958 bits per heavy atom. The number of carbonyl (C=O) groups is 5. The summed E-state index contributed by atoms with van der Waals surface area (Å²) in [5.41, 5.74) is 2.16. The summed E-state index contributed by atoms with van der Waals surface area (Å²) < 4.78 is 43.4. The van der Waals surface area contributed by atoms with Crippen molar-refractivity contribution in [2.24, 2.45) is 10.9 Å². The van der Waals surface area contributed by atoms with E-state index in [1.807, 2.05) is 25.6 Å². The van der Waals surface area contributed by atoms with Gasteiger partial charge in [-0.2, -0.15) is 11.8 Å². The third kappa shape index (κ3) is 17.4. The highest BCUT2D eigenvalue weighted by Crippen LogP contribution is 2.37. The lowest BCUT2D eigenvalue weighted by Gasteiger charge is -2.28. The predicted octanol–water partition coefficient (Wildman–Crippen LogP) is 4.11. The maximum Gasteiger partial charge on any atom is 0.407 e. The van der Waals surface area contributed by atoms with E-state index < -0.39 is 30.0 Å². The van der Waals surface area contributed by atoms with Gasteiger partial charge in [0.1, 0.15) is 29.4 Å². The third-order valence-corrected chi connectivity index (χ3v) is 13.5. The van der Waals surface area contributed by atoms with Gasteiger partial charge in [-0.1, -0.05) is 43.1 Å². The molecule has 0 aliphatic carbocycles. The van der Waals surface area contributed by atoms with Crippen LogP contribution in [0.2, 0.25) is 5.02 Å². The third-order valence-electron chi connectivity index (χ3n) is 11.7. The van der Waals surface area contributed by atoms with E-state index in [-0.39, 0.29) is 86.0 Å². The lowest BCUT2D eigenvalue weighted by molar-refractivity contribution is -0.136. The largest absolute Gasteiger partial charge is 0.466 e. The summed E-state index contributed by atoms with van der Waals surface area (Å²) >= 11 is 8.33. The molecule has 5 atom stereocenters. The quantitative estimate of drug-likeness (QED) is 0.0312. The van der Waals surface area contributed by atoms with Crippen molar-refractivity contribution in [3.8, 4) is 0 Å². The Kier molecular flexibility index (Phi) is 22.3. The lowest BCUT2D eigenvalue weighted by Crippen LogP contribution is -2.47. The van der Waals surface area contributed by atoms with Crippen LogP contribution in [0.1, 0.15) is 81.7 Å². The number of amides is 5. The average Bonchev–Trinajstić information content (AvgIpc) is 4.09. The van der Waals surface area contributed by atoms with Gasteiger partial charge < -0.3 is 55.6 Å². The summed E-state index contributed by atoms with van der Waals surface area (Å²) in [5.74, 6) is -0.107. The SMILES string of the molecule is COC(=O)C1=C(COCc2cn(CCOCCOCCNC(=O)[C@H](CCCCNC(=O)CCCC[C@@H]3SC[C@@H]4NC(=O)N[C@@H]43)NC(=O)OCC(C)C)nn2)NC(c2ccncc2)=NC1c1ccc(F)cc1Cl. The molecule has 0 saturated carbocycles. The summed E-state index contributed by atoms with van der Waals surface area (Å²) in [4.78, 5) is 71.7. The molecule has 5 amide bonds. The van der Waals surface area contributed by atoms with Crippen LogP contribution >= 0.6 is 23.4 Å². The molecule has 21 nitrogen and oxygen atoms in total. The fourth-order valence-corrected chi connectivity index (χ4v) is 9.86. The van der Waals surface area contributed by atoms with Gasteiger partial charge in [-0.15, -0.1) is 5.10 Å². The summed E-state index contributed by atoms with van der Waals surface area (Å²) in [6.07, 6.45) is 8.88. The van der Waals surface area contributed by atoms with Gasteiger partial charge in [-0.3, -0.25) is 19.6 Å². The number of unbranched alkanes of at least 4 members (excludes halogenated alkanes) is 2. The molecule has 6 rings (SSSR count). The van der Waals surface area contributed by atoms with Crippen LogP contribution < -0.4 is 31.9 Å². The Bertz CT molecular complexity index is 2340. The van der Waals surface area contributed by atoms with Crippen molar-refractivity contribution in [1.82, 2.24) is 51.9 Å². The van der Waals surface area contributed by atoms with Gasteiger partial charge in [0.25, 0.3) is 0 Å². The van der Waals surface area contributed by atoms with Crippen LogP contribution in [-0.2, 0) is 51.2 Å². The summed E-state index contributed by atoms with van der Waals surface area (Å²) in [5, 5.41) is 26.4. The zero-order valence-electron chi connectivity index (χ0n) is 40.8. The van der Waals surface area contributed by atoms with Crippen LogP contribution in [-0.4, -0.2) is 145 Å². The number of aromatic nitrogens is 4. The number of fused-ring (bicyclic) bond motifs is 1. The van der Waals surface area contributed by atoms with Gasteiger partial charge in [0.05, 0.1) is 89.5 Å². The fraction of sp³-hybridized carbons (Fsp3) is 0.562. The number of methoxy groups -OCH3 is 1. The number of carbonyl (C=O) groups excluding carboxylic acids is 5. The van der Waals surface area contributed by atoms with Crippen molar-refractivity contribution in [2.75, 3.05) is 65.6 Å². The molecule has 392 valence electrons. The maximum absolute atomic E-state index is 14.0. The molecule has 0 radical (unpaired) electrons. The highest BCUT2D eigenvalue weighted by molar-refractivity contribution is 8.00. The molecule has 3 aliphatic rings. The van der Waals surface area contributed by atoms with Gasteiger partial charge in [0.2, 0.25) is 11.8 Å². The number of ether oxygens (including phenoxy) is 5. The first-order chi connectivity index (χ1) is 34.9. The molecule has 0 bridgehead atoms. The number of hydrogen-bond donors (Lipinski definition) is 6. The zero-order chi connectivity index (χ0) is 51.2. The number of benzene rings is 1. The molecule has 2 fully saturated rings. The molecule has 6 N–H and O–H groups in total. The van der Waals surface area contributed by atoms with E-state index >= 15 is 0 Å². The minimum atomic E-state index is -0.926. The minimum Gasteiger partial charge on any atom is -0.466 e. The molecular formula is C48H65ClFN11O10S. The number of esters is 1. The number of nitrogens with one attached hydrogen (secondary N) is 6. The normalized spacial score (nSPS) is 18.6. The molecule has 3 aliphatic heterocycles. The second kappa shape index (κ2) is 29.0. The Balaban J connectivity index is 0.848. The minimum absolute atomic E-state index is 0.0215. The molecule has 2 saturated heterocycles. The van der Waals surface area contributed by atoms with E-state index in [0.29, 0.717) is 85.6 Å². The van der Waals surface area contributed by atoms with Crippen molar-refractivity contribution in [1.29, 1.82) is 0 Å². The summed E-state index contributed by atoms with van der Waals surface area (Å²) in [7, 11) is 1.26. The molecule has 0 spiro atoms. The molecular weight excluding hydrogens is 977 g/mol. The Morgan fingerprint density at radius 2 is 1.76 bits per heavy atom. The van der Waals surface area contributed by atoms with Crippen LogP contribution in [0.15, 0.2) is 65.2 Å². The number of alkyl carbamates (subject to hydrolysis) is 1. The van der Waals surface area contributed by atoms with Crippen LogP contribution in [0.3, 0.4) is 0 Å². The zero-order valence-corrected chi connectivity index (χ0v) is 42.4. The second-order valence-electron chi connectivity index (χ2n) is 17.7. The number of nitrogens with zero attached hydrogens (tertiary/aromatic N) is 5. The Labute approximate surface area is 427 Å². The number of amidine groups is 1. The molecule has 5 heterocycles. The molecule has 2 aromatic heterocycles. The van der Waals surface area contributed by atoms with E-state index in [0.717, 1.165) is 31.1 Å². The Morgan fingerprint density at radius 3 is 2.54 bits per heavy atom. The first-order valence-electron chi connectivity index (χ1n) is 24.2. The van der Waals surface area contributed by atoms with Crippen molar-refractivity contribution >= 4 is 59.1 Å². The van der Waals surface area contributed by atoms with Crippen LogP contribution in [0.4, 0.5) is 14.0 Å². The number of hydrogen-bond acceptors (Lipinski definition) is 16. The summed E-state index contributed by atoms with van der Waals surface area (Å²) in [6, 6.07) is 5.90. The topological polar surface area (TPSA) is 260 Å². The van der Waals surface area contributed by atoms with Crippen molar-refractivity contribution < 1.29 is 52.0 Å². The molecule has 24 heteroatoms. The van der Waals surface area contributed by atoms with Gasteiger partial charge in [0.15, 0.2) is 0 Å². The first kappa shape index (κ1) is 55.4. The second-order valence-corrected chi connectivity index (χ2v) is 19.4. The monoisotopic (exact) mass is 1040 g/mol. The fourth-order valence-electron chi connectivity index (χ4n) is 8.04. The van der Waals surface area contributed by atoms with E-state index in [9.17, 15) is 28.4 Å².